The zero-order valence-corrected chi connectivity index (χ0v) is 17.7. The van der Waals surface area contributed by atoms with Crippen LogP contribution in [0.3, 0.4) is 0 Å². The van der Waals surface area contributed by atoms with Crippen molar-refractivity contribution in [1.29, 1.82) is 0 Å². The molecule has 0 radical (unpaired) electrons. The molecule has 0 aliphatic rings. The van der Waals surface area contributed by atoms with E-state index in [0.29, 0.717) is 18.1 Å². The second kappa shape index (κ2) is 7.78. The van der Waals surface area contributed by atoms with Gasteiger partial charge in [0.2, 0.25) is 0 Å². The fourth-order valence-corrected chi connectivity index (χ4v) is 3.39. The molecule has 4 aromatic rings. The molecular weight excluding hydrogens is 404 g/mol. The van der Waals surface area contributed by atoms with Crippen molar-refractivity contribution in [2.24, 2.45) is 7.05 Å². The van der Waals surface area contributed by atoms with Crippen LogP contribution in [0.1, 0.15) is 47.6 Å². The number of unbranched alkanes of at least 4 members (excludes halogenated alkanes) is 1. The van der Waals surface area contributed by atoms with E-state index in [-0.39, 0.29) is 23.6 Å². The highest BCUT2D eigenvalue weighted by Crippen LogP contribution is 2.12. The molecule has 0 bridgehead atoms. The fraction of sp³-hybridized carbons (Fsp3) is 0.421. The van der Waals surface area contributed by atoms with Crippen LogP contribution in [0.25, 0.3) is 16.9 Å². The Morgan fingerprint density at radius 2 is 1.97 bits per heavy atom. The number of carbonyl (C=O) groups excluding carboxylic acids is 1. The van der Waals surface area contributed by atoms with E-state index in [9.17, 15) is 14.4 Å². The number of nitrogens with one attached hydrogen (secondary N) is 1. The molecule has 12 heteroatoms. The lowest BCUT2D eigenvalue weighted by molar-refractivity contribution is 0.0445. The molecule has 0 fully saturated rings. The summed E-state index contributed by atoms with van der Waals surface area (Å²) in [5, 5.41) is 4.15. The van der Waals surface area contributed by atoms with Crippen LogP contribution >= 0.6 is 0 Å². The molecule has 0 aliphatic heterocycles. The van der Waals surface area contributed by atoms with Crippen LogP contribution < -0.4 is 11.2 Å². The Kier molecular flexibility index (Phi) is 5.13. The lowest BCUT2D eigenvalue weighted by atomic mass is 10.3. The number of aryl methyl sites for hydroxylation is 4. The summed E-state index contributed by atoms with van der Waals surface area (Å²) >= 11 is 0. The number of hydrogen-bond acceptors (Lipinski definition) is 8. The number of aromatic amines is 1. The van der Waals surface area contributed by atoms with E-state index in [1.54, 1.807) is 7.05 Å². The molecule has 4 heterocycles. The number of imidazole rings is 1. The summed E-state index contributed by atoms with van der Waals surface area (Å²) in [5.74, 6) is -0.248. The summed E-state index contributed by atoms with van der Waals surface area (Å²) < 4.78 is 9.72. The minimum absolute atomic E-state index is 0.127. The predicted octanol–water partition coefficient (Wildman–Crippen LogP) is 0.635. The second-order valence-corrected chi connectivity index (χ2v) is 7.29. The molecule has 4 rings (SSSR count). The number of nitrogens with zero attached hydrogens (tertiary/aromatic N) is 7. The number of hydrogen-bond donors (Lipinski definition) is 1. The molecule has 12 nitrogen and oxygen atoms in total. The largest absolute Gasteiger partial charge is 0.452 e. The first kappa shape index (κ1) is 20.4. The maximum atomic E-state index is 12.5. The van der Waals surface area contributed by atoms with Gasteiger partial charge in [0.25, 0.3) is 17.2 Å². The zero-order valence-electron chi connectivity index (χ0n) is 17.7. The quantitative estimate of drug-likeness (QED) is 0.443. The Morgan fingerprint density at radius 1 is 1.19 bits per heavy atom. The molecule has 31 heavy (non-hydrogen) atoms. The van der Waals surface area contributed by atoms with E-state index in [4.69, 9.17) is 4.74 Å². The second-order valence-electron chi connectivity index (χ2n) is 7.29. The van der Waals surface area contributed by atoms with Gasteiger partial charge in [-0.1, -0.05) is 13.3 Å². The van der Waals surface area contributed by atoms with Crippen molar-refractivity contribution >= 4 is 22.9 Å². The molecule has 0 unspecified atom stereocenters. The van der Waals surface area contributed by atoms with Crippen molar-refractivity contribution < 1.29 is 9.53 Å². The van der Waals surface area contributed by atoms with Gasteiger partial charge in [-0.3, -0.25) is 14.3 Å². The molecule has 0 saturated heterocycles. The number of esters is 1. The van der Waals surface area contributed by atoms with Crippen LogP contribution in [0, 0.1) is 13.8 Å². The Hall–Kier alpha value is -3.83. The molecule has 162 valence electrons. The van der Waals surface area contributed by atoms with E-state index in [1.807, 2.05) is 26.8 Å². The average molecular weight is 426 g/mol. The summed E-state index contributed by atoms with van der Waals surface area (Å²) in [6, 6.07) is 1.83. The molecule has 0 amide bonds. The Balaban J connectivity index is 1.63. The third kappa shape index (κ3) is 3.60. The van der Waals surface area contributed by atoms with Gasteiger partial charge < -0.3 is 9.30 Å². The highest BCUT2D eigenvalue weighted by molar-refractivity contribution is 5.85. The van der Waals surface area contributed by atoms with Crippen LogP contribution in [-0.4, -0.2) is 44.7 Å². The maximum Gasteiger partial charge on any atom is 0.378 e. The van der Waals surface area contributed by atoms with Crippen molar-refractivity contribution in [3.8, 4) is 0 Å². The van der Waals surface area contributed by atoms with Gasteiger partial charge in [0.05, 0.1) is 0 Å². The Bertz CT molecular complexity index is 1420. The number of fused-ring (bicyclic) bond motifs is 2. The number of aromatic nitrogens is 8. The first-order valence-electron chi connectivity index (χ1n) is 9.86. The van der Waals surface area contributed by atoms with Gasteiger partial charge in [0.15, 0.2) is 11.2 Å². The molecule has 4 aromatic heterocycles. The van der Waals surface area contributed by atoms with Crippen molar-refractivity contribution in [3.63, 3.8) is 0 Å². The van der Waals surface area contributed by atoms with E-state index >= 15 is 0 Å². The fourth-order valence-electron chi connectivity index (χ4n) is 3.39. The zero-order chi connectivity index (χ0) is 22.3. The first-order chi connectivity index (χ1) is 14.8. The Morgan fingerprint density at radius 3 is 2.71 bits per heavy atom. The molecule has 0 atom stereocenters. The number of carbonyl (C=O) groups is 1. The Labute approximate surface area is 175 Å². The minimum atomic E-state index is -0.744. The SMILES string of the molecule is CCCCn1c(=O)[nH]c(=O)c2c1nc(COC(=O)c1nc3nc(C)cc(C)n3n1)n2C. The van der Waals surface area contributed by atoms with Crippen LogP contribution in [0.4, 0.5) is 0 Å². The summed E-state index contributed by atoms with van der Waals surface area (Å²) in [7, 11) is 1.63. The summed E-state index contributed by atoms with van der Waals surface area (Å²) in [6.07, 6.45) is 1.64. The number of H-pyrrole nitrogens is 1. The van der Waals surface area contributed by atoms with E-state index in [1.165, 1.54) is 13.6 Å². The van der Waals surface area contributed by atoms with Gasteiger partial charge in [0, 0.05) is 25.0 Å². The molecule has 0 aliphatic carbocycles. The normalized spacial score (nSPS) is 11.5. The van der Waals surface area contributed by atoms with Crippen molar-refractivity contribution in [2.45, 2.75) is 46.8 Å². The smallest absolute Gasteiger partial charge is 0.378 e. The summed E-state index contributed by atoms with van der Waals surface area (Å²) in [4.78, 5) is 52.1. The molecule has 0 spiro atoms. The van der Waals surface area contributed by atoms with Crippen molar-refractivity contribution in [1.82, 2.24) is 38.7 Å². The molecule has 0 aromatic carbocycles. The molecule has 1 N–H and O–H groups in total. The van der Waals surface area contributed by atoms with E-state index < -0.39 is 17.2 Å². The van der Waals surface area contributed by atoms with Gasteiger partial charge in [-0.2, -0.15) is 4.98 Å². The monoisotopic (exact) mass is 426 g/mol. The highest BCUT2D eigenvalue weighted by Gasteiger charge is 2.20. The lowest BCUT2D eigenvalue weighted by Gasteiger charge is -2.04. The standard InChI is InChI=1S/C19H22N8O4/c1-5-6-7-26-15-13(16(28)23-19(26)30)25(4)12(21-15)9-31-17(29)14-22-18-20-10(2)8-11(3)27(18)24-14/h8H,5-7,9H2,1-4H3,(H,23,28,30). The van der Waals surface area contributed by atoms with Gasteiger partial charge in [0.1, 0.15) is 12.4 Å². The molecule has 0 saturated carbocycles. The third-order valence-corrected chi connectivity index (χ3v) is 4.97. The van der Waals surface area contributed by atoms with E-state index in [0.717, 1.165) is 24.2 Å². The van der Waals surface area contributed by atoms with Crippen LogP contribution in [0.15, 0.2) is 15.7 Å². The van der Waals surface area contributed by atoms with Crippen molar-refractivity contribution in [2.75, 3.05) is 0 Å². The maximum absolute atomic E-state index is 12.5. The van der Waals surface area contributed by atoms with E-state index in [2.05, 4.69) is 25.0 Å². The number of ether oxygens (including phenoxy) is 1. The van der Waals surface area contributed by atoms with Crippen LogP contribution in [0.5, 0.6) is 0 Å². The predicted molar refractivity (Wildman–Crippen MR) is 110 cm³/mol. The molecular formula is C19H22N8O4. The van der Waals surface area contributed by atoms with Crippen molar-refractivity contribution in [3.05, 3.63) is 49.9 Å². The van der Waals surface area contributed by atoms with Gasteiger partial charge >= 0.3 is 11.7 Å². The average Bonchev–Trinajstić information content (AvgIpc) is 3.28. The minimum Gasteiger partial charge on any atom is -0.452 e. The van der Waals surface area contributed by atoms with Gasteiger partial charge in [-0.25, -0.2) is 24.1 Å². The van der Waals surface area contributed by atoms with Gasteiger partial charge in [-0.15, -0.1) is 5.10 Å². The van der Waals surface area contributed by atoms with Crippen LogP contribution in [-0.2, 0) is 24.9 Å². The van der Waals surface area contributed by atoms with Crippen LogP contribution in [0.2, 0.25) is 0 Å². The third-order valence-electron chi connectivity index (χ3n) is 4.97. The lowest BCUT2D eigenvalue weighted by Crippen LogP contribution is -2.31. The first-order valence-corrected chi connectivity index (χ1v) is 9.86. The summed E-state index contributed by atoms with van der Waals surface area (Å²) in [6.45, 7) is 5.87. The summed E-state index contributed by atoms with van der Waals surface area (Å²) in [5.41, 5.74) is 0.990. The highest BCUT2D eigenvalue weighted by atomic mass is 16.5. The van der Waals surface area contributed by atoms with Gasteiger partial charge in [-0.05, 0) is 26.3 Å². The number of rotatable bonds is 6. The topological polar surface area (TPSA) is 142 Å².